The summed E-state index contributed by atoms with van der Waals surface area (Å²) in [5.41, 5.74) is 7.67. The quantitative estimate of drug-likeness (QED) is 0.555. The van der Waals surface area contributed by atoms with Gasteiger partial charge in [0.1, 0.15) is 0 Å². The standard InChI is InChI=1S/C10H15N3/c1-7(2)9-4-10(13-6-11)12-5-8(9)3/h4-7H,1-3H3,(H2,11,12,13). The van der Waals surface area contributed by atoms with Gasteiger partial charge < -0.3 is 5.73 Å². The highest BCUT2D eigenvalue weighted by Gasteiger charge is 2.04. The lowest BCUT2D eigenvalue weighted by atomic mass is 10.0. The number of hydrogen-bond acceptors (Lipinski definition) is 2. The second-order valence-corrected chi connectivity index (χ2v) is 3.33. The maximum Gasteiger partial charge on any atom is 0.153 e. The lowest BCUT2D eigenvalue weighted by Crippen LogP contribution is -1.94. The van der Waals surface area contributed by atoms with Crippen LogP contribution in [0.25, 0.3) is 0 Å². The van der Waals surface area contributed by atoms with Crippen LogP contribution >= 0.6 is 0 Å². The molecule has 3 nitrogen and oxygen atoms in total. The Labute approximate surface area is 78.7 Å². The van der Waals surface area contributed by atoms with Crippen molar-refractivity contribution >= 4 is 12.2 Å². The van der Waals surface area contributed by atoms with Gasteiger partial charge in [0.2, 0.25) is 0 Å². The van der Waals surface area contributed by atoms with Gasteiger partial charge in [0.25, 0.3) is 0 Å². The SMILES string of the molecule is Cc1cnc(N=CN)cc1C(C)C. The zero-order valence-electron chi connectivity index (χ0n) is 8.28. The maximum atomic E-state index is 5.19. The Morgan fingerprint density at radius 1 is 1.54 bits per heavy atom. The van der Waals surface area contributed by atoms with Crippen LogP contribution in [-0.2, 0) is 0 Å². The molecule has 0 atom stereocenters. The van der Waals surface area contributed by atoms with Crippen molar-refractivity contribution in [3.63, 3.8) is 0 Å². The van der Waals surface area contributed by atoms with Gasteiger partial charge in [-0.3, -0.25) is 0 Å². The summed E-state index contributed by atoms with van der Waals surface area (Å²) in [4.78, 5) is 8.07. The first-order valence-electron chi connectivity index (χ1n) is 4.36. The van der Waals surface area contributed by atoms with E-state index in [9.17, 15) is 0 Å². The Morgan fingerprint density at radius 2 is 2.23 bits per heavy atom. The summed E-state index contributed by atoms with van der Waals surface area (Å²) >= 11 is 0. The van der Waals surface area contributed by atoms with Crippen molar-refractivity contribution in [1.82, 2.24) is 4.98 Å². The summed E-state index contributed by atoms with van der Waals surface area (Å²) in [6.45, 7) is 6.36. The highest BCUT2D eigenvalue weighted by molar-refractivity contribution is 5.57. The van der Waals surface area contributed by atoms with E-state index in [1.54, 1.807) is 0 Å². The van der Waals surface area contributed by atoms with Crippen LogP contribution in [0.2, 0.25) is 0 Å². The number of aryl methyl sites for hydroxylation is 1. The fraction of sp³-hybridized carbons (Fsp3) is 0.400. The molecule has 2 N–H and O–H groups in total. The van der Waals surface area contributed by atoms with Crippen LogP contribution in [0.3, 0.4) is 0 Å². The third-order valence-corrected chi connectivity index (χ3v) is 1.96. The van der Waals surface area contributed by atoms with Gasteiger partial charge in [-0.05, 0) is 30.0 Å². The van der Waals surface area contributed by atoms with Crippen molar-refractivity contribution in [3.8, 4) is 0 Å². The predicted octanol–water partition coefficient (Wildman–Crippen LogP) is 2.13. The molecule has 0 aliphatic carbocycles. The number of nitrogens with two attached hydrogens (primary N) is 1. The Morgan fingerprint density at radius 3 is 2.77 bits per heavy atom. The van der Waals surface area contributed by atoms with Gasteiger partial charge in [-0.2, -0.15) is 0 Å². The zero-order chi connectivity index (χ0) is 9.84. The van der Waals surface area contributed by atoms with Gasteiger partial charge in [-0.25, -0.2) is 9.98 Å². The lowest BCUT2D eigenvalue weighted by Gasteiger charge is -2.08. The third-order valence-electron chi connectivity index (χ3n) is 1.96. The molecule has 3 heteroatoms. The second kappa shape index (κ2) is 4.03. The van der Waals surface area contributed by atoms with E-state index in [1.165, 1.54) is 17.5 Å². The van der Waals surface area contributed by atoms with Crippen molar-refractivity contribution < 1.29 is 0 Å². The molecular weight excluding hydrogens is 162 g/mol. The summed E-state index contributed by atoms with van der Waals surface area (Å²) in [6, 6.07) is 1.98. The molecule has 0 spiro atoms. The van der Waals surface area contributed by atoms with Gasteiger partial charge in [-0.1, -0.05) is 13.8 Å². The van der Waals surface area contributed by atoms with E-state index in [4.69, 9.17) is 5.73 Å². The topological polar surface area (TPSA) is 51.3 Å². The van der Waals surface area contributed by atoms with E-state index in [2.05, 4.69) is 30.7 Å². The average Bonchev–Trinajstić information content (AvgIpc) is 2.08. The molecular formula is C10H15N3. The number of aromatic nitrogens is 1. The molecule has 0 fully saturated rings. The molecule has 1 heterocycles. The van der Waals surface area contributed by atoms with Crippen LogP contribution in [0.15, 0.2) is 17.3 Å². The van der Waals surface area contributed by atoms with Gasteiger partial charge >= 0.3 is 0 Å². The molecule has 70 valence electrons. The largest absolute Gasteiger partial charge is 0.390 e. The predicted molar refractivity (Wildman–Crippen MR) is 55.4 cm³/mol. The minimum Gasteiger partial charge on any atom is -0.390 e. The monoisotopic (exact) mass is 177 g/mol. The summed E-state index contributed by atoms with van der Waals surface area (Å²) in [5, 5.41) is 0. The average molecular weight is 177 g/mol. The van der Waals surface area contributed by atoms with Crippen LogP contribution in [-0.4, -0.2) is 11.3 Å². The Balaban J connectivity index is 3.11. The number of rotatable bonds is 2. The molecule has 0 saturated heterocycles. The summed E-state index contributed by atoms with van der Waals surface area (Å²) in [6.07, 6.45) is 3.10. The van der Waals surface area contributed by atoms with Crippen LogP contribution in [0.5, 0.6) is 0 Å². The summed E-state index contributed by atoms with van der Waals surface area (Å²) in [7, 11) is 0. The van der Waals surface area contributed by atoms with Crippen molar-refractivity contribution in [2.45, 2.75) is 26.7 Å². The van der Waals surface area contributed by atoms with E-state index in [0.717, 1.165) is 0 Å². The van der Waals surface area contributed by atoms with Crippen LogP contribution in [0, 0.1) is 6.92 Å². The second-order valence-electron chi connectivity index (χ2n) is 3.33. The highest BCUT2D eigenvalue weighted by Crippen LogP contribution is 2.21. The van der Waals surface area contributed by atoms with E-state index in [0.29, 0.717) is 11.7 Å². The van der Waals surface area contributed by atoms with Gasteiger partial charge in [0, 0.05) is 6.20 Å². The maximum absolute atomic E-state index is 5.19. The van der Waals surface area contributed by atoms with Crippen molar-refractivity contribution in [1.29, 1.82) is 0 Å². The normalized spacial score (nSPS) is 11.4. The molecule has 0 aliphatic heterocycles. The smallest absolute Gasteiger partial charge is 0.153 e. The first kappa shape index (κ1) is 9.71. The first-order valence-corrected chi connectivity index (χ1v) is 4.36. The Hall–Kier alpha value is -1.38. The molecule has 0 bridgehead atoms. The van der Waals surface area contributed by atoms with E-state index >= 15 is 0 Å². The van der Waals surface area contributed by atoms with Crippen molar-refractivity contribution in [3.05, 3.63) is 23.4 Å². The lowest BCUT2D eigenvalue weighted by molar-refractivity contribution is 0.852. The molecule has 0 unspecified atom stereocenters. The molecule has 0 amide bonds. The van der Waals surface area contributed by atoms with E-state index in [1.807, 2.05) is 12.3 Å². The van der Waals surface area contributed by atoms with Gasteiger partial charge in [-0.15, -0.1) is 0 Å². The fourth-order valence-corrected chi connectivity index (χ4v) is 1.30. The molecule has 1 aromatic heterocycles. The van der Waals surface area contributed by atoms with Crippen molar-refractivity contribution in [2.75, 3.05) is 0 Å². The minimum atomic E-state index is 0.495. The first-order chi connectivity index (χ1) is 6.15. The zero-order valence-corrected chi connectivity index (χ0v) is 8.28. The number of nitrogens with zero attached hydrogens (tertiary/aromatic N) is 2. The van der Waals surface area contributed by atoms with E-state index < -0.39 is 0 Å². The molecule has 0 saturated carbocycles. The Bertz CT molecular complexity index is 316. The Kier molecular flexibility index (Phi) is 3.01. The highest BCUT2D eigenvalue weighted by atomic mass is 14.9. The molecule has 0 radical (unpaired) electrons. The molecule has 0 aliphatic rings. The molecule has 13 heavy (non-hydrogen) atoms. The number of aliphatic imine (C=N–C) groups is 1. The fourth-order valence-electron chi connectivity index (χ4n) is 1.30. The van der Waals surface area contributed by atoms with Gasteiger partial charge in [0.15, 0.2) is 5.82 Å². The number of hydrogen-bond donors (Lipinski definition) is 1. The number of pyridine rings is 1. The third kappa shape index (κ3) is 2.28. The molecule has 0 aromatic carbocycles. The van der Waals surface area contributed by atoms with Crippen LogP contribution in [0.4, 0.5) is 5.82 Å². The van der Waals surface area contributed by atoms with E-state index in [-0.39, 0.29) is 0 Å². The minimum absolute atomic E-state index is 0.495. The van der Waals surface area contributed by atoms with Gasteiger partial charge in [0.05, 0.1) is 6.34 Å². The molecule has 1 rings (SSSR count). The van der Waals surface area contributed by atoms with Crippen molar-refractivity contribution in [2.24, 2.45) is 10.7 Å². The summed E-state index contributed by atoms with van der Waals surface area (Å²) in [5.74, 6) is 1.17. The van der Waals surface area contributed by atoms with Crippen LogP contribution in [0.1, 0.15) is 30.9 Å². The van der Waals surface area contributed by atoms with Crippen LogP contribution < -0.4 is 5.73 Å². The summed E-state index contributed by atoms with van der Waals surface area (Å²) < 4.78 is 0. The molecule has 1 aromatic rings.